The molecule has 1 aliphatic rings. The molecule has 0 atom stereocenters. The highest BCUT2D eigenvalue weighted by Crippen LogP contribution is 2.43. The number of ether oxygens (including phenoxy) is 1. The fourth-order valence-corrected chi connectivity index (χ4v) is 4.30. The first-order chi connectivity index (χ1) is 13.3. The number of imide groups is 1. The molecular weight excluding hydrogens is 370 g/mol. The van der Waals surface area contributed by atoms with E-state index in [2.05, 4.69) is 0 Å². The molecule has 0 unspecified atom stereocenters. The molecule has 0 N–H and O–H groups in total. The van der Waals surface area contributed by atoms with Crippen molar-refractivity contribution < 1.29 is 14.3 Å². The third-order valence-corrected chi connectivity index (χ3v) is 5.54. The van der Waals surface area contributed by atoms with Crippen LogP contribution in [0, 0.1) is 13.8 Å². The van der Waals surface area contributed by atoms with Crippen molar-refractivity contribution in [1.29, 1.82) is 0 Å². The molecule has 0 spiro atoms. The standard InChI is InChI=1S/C23H25NO3S/c1-6-27-19-10-8-7-9-18(19)24-22(25)20(21(23(24)26)28-14(2)3)17-12-11-15(4)13-16(17)5/h7-14H,6H2,1-5H3. The number of rotatable bonds is 6. The molecule has 2 aromatic carbocycles. The molecule has 0 aromatic heterocycles. The maximum Gasteiger partial charge on any atom is 0.272 e. The molecule has 146 valence electrons. The fourth-order valence-electron chi connectivity index (χ4n) is 3.32. The highest BCUT2D eigenvalue weighted by Gasteiger charge is 2.42. The first-order valence-corrected chi connectivity index (χ1v) is 10.3. The highest BCUT2D eigenvalue weighted by molar-refractivity contribution is 8.04. The van der Waals surface area contributed by atoms with Gasteiger partial charge in [-0.15, -0.1) is 11.8 Å². The predicted octanol–water partition coefficient (Wildman–Crippen LogP) is 5.13. The predicted molar refractivity (Wildman–Crippen MR) is 116 cm³/mol. The van der Waals surface area contributed by atoms with Crippen LogP contribution in [0.1, 0.15) is 37.5 Å². The number of hydrogen-bond acceptors (Lipinski definition) is 4. The lowest BCUT2D eigenvalue weighted by atomic mass is 9.98. The van der Waals surface area contributed by atoms with Crippen molar-refractivity contribution in [2.75, 3.05) is 11.5 Å². The summed E-state index contributed by atoms with van der Waals surface area (Å²) in [6.07, 6.45) is 0. The van der Waals surface area contributed by atoms with Gasteiger partial charge in [-0.2, -0.15) is 0 Å². The lowest BCUT2D eigenvalue weighted by Crippen LogP contribution is -2.31. The minimum atomic E-state index is -0.299. The van der Waals surface area contributed by atoms with Gasteiger partial charge in [0.2, 0.25) is 0 Å². The molecule has 1 aliphatic heterocycles. The number of aryl methyl sites for hydroxylation is 2. The Bertz CT molecular complexity index is 962. The Kier molecular flexibility index (Phi) is 5.94. The summed E-state index contributed by atoms with van der Waals surface area (Å²) in [4.78, 5) is 28.6. The van der Waals surface area contributed by atoms with E-state index in [-0.39, 0.29) is 17.1 Å². The summed E-state index contributed by atoms with van der Waals surface area (Å²) in [5.74, 6) is -0.0550. The van der Waals surface area contributed by atoms with Gasteiger partial charge in [0, 0.05) is 5.25 Å². The molecule has 3 rings (SSSR count). The summed E-state index contributed by atoms with van der Waals surface area (Å²) >= 11 is 1.43. The average Bonchev–Trinajstić information content (AvgIpc) is 2.86. The first-order valence-electron chi connectivity index (χ1n) is 9.44. The van der Waals surface area contributed by atoms with E-state index in [4.69, 9.17) is 4.74 Å². The van der Waals surface area contributed by atoms with Crippen LogP contribution in [-0.4, -0.2) is 23.7 Å². The quantitative estimate of drug-likeness (QED) is 0.636. The Morgan fingerprint density at radius 1 is 1.04 bits per heavy atom. The van der Waals surface area contributed by atoms with E-state index < -0.39 is 0 Å². The summed E-state index contributed by atoms with van der Waals surface area (Å²) in [6.45, 7) is 10.4. The van der Waals surface area contributed by atoms with Crippen molar-refractivity contribution in [3.8, 4) is 5.75 Å². The second-order valence-electron chi connectivity index (χ2n) is 7.04. The molecule has 1 heterocycles. The molecule has 5 heteroatoms. The summed E-state index contributed by atoms with van der Waals surface area (Å²) in [5, 5.41) is 0.176. The smallest absolute Gasteiger partial charge is 0.272 e. The molecule has 0 bridgehead atoms. The Morgan fingerprint density at radius 2 is 1.75 bits per heavy atom. The van der Waals surface area contributed by atoms with Gasteiger partial charge in [-0.05, 0) is 44.0 Å². The minimum Gasteiger partial charge on any atom is -0.492 e. The Labute approximate surface area is 170 Å². The number of carbonyl (C=O) groups excluding carboxylic acids is 2. The zero-order valence-electron chi connectivity index (χ0n) is 16.9. The van der Waals surface area contributed by atoms with Gasteiger partial charge in [0.25, 0.3) is 11.8 Å². The molecule has 0 radical (unpaired) electrons. The van der Waals surface area contributed by atoms with Gasteiger partial charge in [0.05, 0.1) is 22.8 Å². The van der Waals surface area contributed by atoms with Gasteiger partial charge >= 0.3 is 0 Å². The van der Waals surface area contributed by atoms with E-state index in [1.807, 2.05) is 65.0 Å². The van der Waals surface area contributed by atoms with Crippen LogP contribution in [0.15, 0.2) is 47.4 Å². The Morgan fingerprint density at radius 3 is 2.39 bits per heavy atom. The van der Waals surface area contributed by atoms with Crippen LogP contribution in [0.2, 0.25) is 0 Å². The van der Waals surface area contributed by atoms with Crippen LogP contribution in [0.25, 0.3) is 5.57 Å². The molecule has 0 fully saturated rings. The van der Waals surface area contributed by atoms with Crippen LogP contribution in [-0.2, 0) is 9.59 Å². The van der Waals surface area contributed by atoms with E-state index in [1.54, 1.807) is 12.1 Å². The molecule has 0 saturated carbocycles. The normalized spacial score (nSPS) is 14.4. The van der Waals surface area contributed by atoms with Gasteiger partial charge in [0.15, 0.2) is 0 Å². The van der Waals surface area contributed by atoms with Crippen molar-refractivity contribution >= 4 is 34.8 Å². The van der Waals surface area contributed by atoms with Crippen LogP contribution in [0.4, 0.5) is 5.69 Å². The van der Waals surface area contributed by atoms with E-state index in [1.165, 1.54) is 16.7 Å². The monoisotopic (exact) mass is 395 g/mol. The van der Waals surface area contributed by atoms with E-state index in [0.717, 1.165) is 16.7 Å². The Balaban J connectivity index is 2.15. The van der Waals surface area contributed by atoms with Gasteiger partial charge in [-0.1, -0.05) is 49.7 Å². The number of para-hydroxylation sites is 2. The molecule has 2 amide bonds. The third kappa shape index (κ3) is 3.72. The highest BCUT2D eigenvalue weighted by atomic mass is 32.2. The summed E-state index contributed by atoms with van der Waals surface area (Å²) < 4.78 is 5.67. The molecule has 0 saturated heterocycles. The number of carbonyl (C=O) groups is 2. The molecule has 28 heavy (non-hydrogen) atoms. The lowest BCUT2D eigenvalue weighted by molar-refractivity contribution is -0.119. The van der Waals surface area contributed by atoms with E-state index in [0.29, 0.717) is 28.5 Å². The molecule has 2 aromatic rings. The van der Waals surface area contributed by atoms with Crippen molar-refractivity contribution in [3.05, 3.63) is 64.1 Å². The van der Waals surface area contributed by atoms with Crippen molar-refractivity contribution in [3.63, 3.8) is 0 Å². The summed E-state index contributed by atoms with van der Waals surface area (Å²) in [5.41, 5.74) is 3.88. The average molecular weight is 396 g/mol. The van der Waals surface area contributed by atoms with Gasteiger partial charge in [-0.3, -0.25) is 9.59 Å². The minimum absolute atomic E-state index is 0.176. The largest absolute Gasteiger partial charge is 0.492 e. The topological polar surface area (TPSA) is 46.6 Å². The van der Waals surface area contributed by atoms with Gasteiger partial charge in [0.1, 0.15) is 5.75 Å². The molecular formula is C23H25NO3S. The number of benzene rings is 2. The second-order valence-corrected chi connectivity index (χ2v) is 8.62. The third-order valence-electron chi connectivity index (χ3n) is 4.45. The Hall–Kier alpha value is -2.53. The zero-order chi connectivity index (χ0) is 20.4. The summed E-state index contributed by atoms with van der Waals surface area (Å²) in [7, 11) is 0. The van der Waals surface area contributed by atoms with Crippen LogP contribution >= 0.6 is 11.8 Å². The van der Waals surface area contributed by atoms with Crippen molar-refractivity contribution in [1.82, 2.24) is 0 Å². The number of anilines is 1. The lowest BCUT2D eigenvalue weighted by Gasteiger charge is -2.19. The molecule has 0 aliphatic carbocycles. The fraction of sp³-hybridized carbons (Fsp3) is 0.304. The maximum atomic E-state index is 13.5. The van der Waals surface area contributed by atoms with E-state index in [9.17, 15) is 9.59 Å². The van der Waals surface area contributed by atoms with Crippen molar-refractivity contribution in [2.24, 2.45) is 0 Å². The van der Waals surface area contributed by atoms with Crippen LogP contribution in [0.5, 0.6) is 5.75 Å². The molecule has 4 nitrogen and oxygen atoms in total. The SMILES string of the molecule is CCOc1ccccc1N1C(=O)C(SC(C)C)=C(c2ccc(C)cc2C)C1=O. The second kappa shape index (κ2) is 8.23. The number of hydrogen-bond donors (Lipinski definition) is 0. The number of amides is 2. The van der Waals surface area contributed by atoms with Crippen LogP contribution in [0.3, 0.4) is 0 Å². The first kappa shape index (κ1) is 20.2. The maximum absolute atomic E-state index is 13.5. The van der Waals surface area contributed by atoms with Crippen molar-refractivity contribution in [2.45, 2.75) is 39.9 Å². The summed E-state index contributed by atoms with van der Waals surface area (Å²) in [6, 6.07) is 13.1. The van der Waals surface area contributed by atoms with Crippen LogP contribution < -0.4 is 9.64 Å². The number of thioether (sulfide) groups is 1. The van der Waals surface area contributed by atoms with E-state index >= 15 is 0 Å². The van der Waals surface area contributed by atoms with Gasteiger partial charge in [-0.25, -0.2) is 4.90 Å². The van der Waals surface area contributed by atoms with Gasteiger partial charge < -0.3 is 4.74 Å². The zero-order valence-corrected chi connectivity index (χ0v) is 17.7. The number of nitrogens with zero attached hydrogens (tertiary/aromatic N) is 1.